The van der Waals surface area contributed by atoms with E-state index in [0.29, 0.717) is 5.82 Å². The van der Waals surface area contributed by atoms with Crippen LogP contribution in [0.25, 0.3) is 0 Å². The van der Waals surface area contributed by atoms with Crippen molar-refractivity contribution in [2.45, 2.75) is 34.6 Å². The summed E-state index contributed by atoms with van der Waals surface area (Å²) in [4.78, 5) is 26.4. The molecule has 13 heteroatoms. The largest absolute Gasteiger partial charge is 0.245 e. The van der Waals surface area contributed by atoms with Crippen molar-refractivity contribution >= 4 is 0 Å². The van der Waals surface area contributed by atoms with E-state index in [9.17, 15) is 0 Å². The molecule has 0 N–H and O–H groups in total. The van der Waals surface area contributed by atoms with E-state index in [2.05, 4.69) is 65.5 Å². The lowest BCUT2D eigenvalue weighted by atomic mass is 10.4. The van der Waals surface area contributed by atoms with Crippen LogP contribution in [0.1, 0.15) is 28.6 Å². The van der Waals surface area contributed by atoms with Gasteiger partial charge in [0.15, 0.2) is 0 Å². The molecule has 0 bridgehead atoms. The molecule has 0 unspecified atom stereocenters. The summed E-state index contributed by atoms with van der Waals surface area (Å²) in [7, 11) is 0. The summed E-state index contributed by atoms with van der Waals surface area (Å²) in [5, 5.41) is 21.5. The molecule has 0 fully saturated rings. The highest BCUT2D eigenvalue weighted by atomic mass is 15.1. The van der Waals surface area contributed by atoms with Crippen LogP contribution in [0.5, 0.6) is 0 Å². The van der Waals surface area contributed by atoms with Gasteiger partial charge in [-0.3, -0.25) is 0 Å². The molecule has 0 saturated carbocycles. The summed E-state index contributed by atoms with van der Waals surface area (Å²) in [5.74, 6) is 1.47. The lowest BCUT2D eigenvalue weighted by Gasteiger charge is -1.81. The Hall–Kier alpha value is -4.81. The van der Waals surface area contributed by atoms with Gasteiger partial charge in [0.1, 0.15) is 37.0 Å². The minimum absolute atomic E-state index is 0.711. The lowest BCUT2D eigenvalue weighted by Crippen LogP contribution is -1.85. The van der Waals surface area contributed by atoms with Crippen LogP contribution in [-0.2, 0) is 0 Å². The maximum absolute atomic E-state index is 3.87. The first kappa shape index (κ1) is 28.2. The predicted octanol–water partition coefficient (Wildman–Crippen LogP) is 2.11. The highest BCUT2D eigenvalue weighted by Crippen LogP contribution is 1.85. The van der Waals surface area contributed by atoms with Gasteiger partial charge >= 0.3 is 0 Å². The summed E-state index contributed by atoms with van der Waals surface area (Å²) < 4.78 is 0. The Balaban J connectivity index is 0.000000219. The van der Waals surface area contributed by atoms with Crippen LogP contribution in [0.4, 0.5) is 0 Å². The van der Waals surface area contributed by atoms with Gasteiger partial charge in [0, 0.05) is 24.3 Å². The molecule has 5 aromatic heterocycles. The van der Waals surface area contributed by atoms with Crippen molar-refractivity contribution in [2.24, 2.45) is 0 Å². The fraction of sp³-hybridized carbons (Fsp3) is 0.227. The monoisotopic (exact) mass is 473 g/mol. The van der Waals surface area contributed by atoms with Crippen molar-refractivity contribution in [2.75, 3.05) is 0 Å². The van der Waals surface area contributed by atoms with Crippen LogP contribution in [0.3, 0.4) is 0 Å². The molecule has 0 amide bonds. The molecule has 5 heterocycles. The molecule has 13 nitrogen and oxygen atoms in total. The first-order chi connectivity index (χ1) is 17.0. The Bertz CT molecular complexity index is 901. The highest BCUT2D eigenvalue weighted by Gasteiger charge is 1.78. The second-order valence-corrected chi connectivity index (χ2v) is 6.39. The summed E-state index contributed by atoms with van der Waals surface area (Å²) in [5.41, 5.74) is 3.06. The van der Waals surface area contributed by atoms with Gasteiger partial charge in [0.05, 0.1) is 24.3 Å². The number of nitrogens with zero attached hydrogens (tertiary/aromatic N) is 13. The third-order valence-electron chi connectivity index (χ3n) is 3.31. The Morgan fingerprint density at radius 2 is 1.17 bits per heavy atom. The molecular weight excluding hydrogens is 446 g/mol. The quantitative estimate of drug-likeness (QED) is 0.321. The van der Waals surface area contributed by atoms with Crippen LogP contribution >= 0.6 is 0 Å². The fourth-order valence-electron chi connectivity index (χ4n) is 1.62. The number of aromatic nitrogens is 13. The minimum Gasteiger partial charge on any atom is -0.245 e. The average Bonchev–Trinajstić information content (AvgIpc) is 2.88. The molecule has 5 aromatic rings. The highest BCUT2D eigenvalue weighted by molar-refractivity contribution is 5.00. The standard InChI is InChI=1S/2C5H6N2.3C4H5N3/c1-5-2-3-6-4-7-5;1-5-2-3-6-7-4-5;1-4-6-2-5-3-7-4;1-4-2-6-7-3-5-4;1-4-5-2-3-6-7-4/h2*2-4H,1H3;3*2-3H,1H3. The van der Waals surface area contributed by atoms with Gasteiger partial charge in [-0.2, -0.15) is 20.4 Å². The Morgan fingerprint density at radius 1 is 0.457 bits per heavy atom. The van der Waals surface area contributed by atoms with E-state index in [1.807, 2.05) is 39.8 Å². The molecular formula is C22H27N13. The minimum atomic E-state index is 0.711. The maximum Gasteiger partial charge on any atom is 0.147 e. The van der Waals surface area contributed by atoms with E-state index in [1.165, 1.54) is 25.3 Å². The normalized spacial score (nSPS) is 8.71. The molecule has 5 rings (SSSR count). The van der Waals surface area contributed by atoms with Crippen molar-refractivity contribution in [3.05, 3.63) is 103 Å². The van der Waals surface area contributed by atoms with Crippen molar-refractivity contribution < 1.29 is 0 Å². The molecule has 0 aliphatic rings. The first-order valence-corrected chi connectivity index (χ1v) is 10.2. The third kappa shape index (κ3) is 17.4. The summed E-state index contributed by atoms with van der Waals surface area (Å²) >= 11 is 0. The third-order valence-corrected chi connectivity index (χ3v) is 3.31. The Morgan fingerprint density at radius 3 is 1.46 bits per heavy atom. The van der Waals surface area contributed by atoms with E-state index < -0.39 is 0 Å². The predicted molar refractivity (Wildman–Crippen MR) is 127 cm³/mol. The zero-order valence-electron chi connectivity index (χ0n) is 20.2. The molecule has 35 heavy (non-hydrogen) atoms. The van der Waals surface area contributed by atoms with Gasteiger partial charge in [0.25, 0.3) is 0 Å². The van der Waals surface area contributed by atoms with Gasteiger partial charge in [-0.25, -0.2) is 34.9 Å². The summed E-state index contributed by atoms with van der Waals surface area (Å²) in [6, 6.07) is 3.77. The van der Waals surface area contributed by atoms with Crippen LogP contribution in [0.2, 0.25) is 0 Å². The van der Waals surface area contributed by atoms with E-state index in [1.54, 1.807) is 44.1 Å². The Kier molecular flexibility index (Phi) is 15.1. The van der Waals surface area contributed by atoms with Crippen LogP contribution in [0.15, 0.2) is 74.6 Å². The van der Waals surface area contributed by atoms with E-state index >= 15 is 0 Å². The lowest BCUT2D eigenvalue weighted by molar-refractivity contribution is 0.907. The average molecular weight is 474 g/mol. The SMILES string of the molecule is Cc1ccncn1.Cc1ccnnc1.Cc1cnncn1.Cc1nccnn1.Cc1ncncn1. The molecule has 0 radical (unpaired) electrons. The van der Waals surface area contributed by atoms with Crippen molar-refractivity contribution in [1.29, 1.82) is 0 Å². The molecule has 180 valence electrons. The van der Waals surface area contributed by atoms with Crippen LogP contribution < -0.4 is 0 Å². The van der Waals surface area contributed by atoms with Crippen LogP contribution in [0, 0.1) is 34.6 Å². The van der Waals surface area contributed by atoms with E-state index in [-0.39, 0.29) is 0 Å². The van der Waals surface area contributed by atoms with Gasteiger partial charge in [-0.05, 0) is 52.3 Å². The number of hydrogen-bond donors (Lipinski definition) is 0. The van der Waals surface area contributed by atoms with E-state index in [0.717, 1.165) is 22.8 Å². The van der Waals surface area contributed by atoms with Crippen molar-refractivity contribution in [3.8, 4) is 0 Å². The zero-order chi connectivity index (χ0) is 25.6. The topological polar surface area (TPSA) is 168 Å². The number of rotatable bonds is 0. The van der Waals surface area contributed by atoms with Gasteiger partial charge < -0.3 is 0 Å². The Labute approximate surface area is 203 Å². The summed E-state index contributed by atoms with van der Waals surface area (Å²) in [6.45, 7) is 9.40. The zero-order valence-corrected chi connectivity index (χ0v) is 20.2. The van der Waals surface area contributed by atoms with Crippen LogP contribution in [-0.4, -0.2) is 65.5 Å². The molecule has 0 spiro atoms. The molecule has 0 aliphatic carbocycles. The molecule has 0 atom stereocenters. The molecule has 0 aliphatic heterocycles. The fourth-order valence-corrected chi connectivity index (χ4v) is 1.62. The van der Waals surface area contributed by atoms with Crippen molar-refractivity contribution in [1.82, 2.24) is 65.5 Å². The number of hydrogen-bond acceptors (Lipinski definition) is 13. The number of aryl methyl sites for hydroxylation is 5. The van der Waals surface area contributed by atoms with E-state index in [4.69, 9.17) is 0 Å². The maximum atomic E-state index is 3.87. The van der Waals surface area contributed by atoms with Crippen molar-refractivity contribution in [3.63, 3.8) is 0 Å². The smallest absolute Gasteiger partial charge is 0.147 e. The molecule has 0 aromatic carbocycles. The molecule has 0 saturated heterocycles. The summed E-state index contributed by atoms with van der Waals surface area (Å²) in [6.07, 6.45) is 15.8. The van der Waals surface area contributed by atoms with Gasteiger partial charge in [-0.15, -0.1) is 10.2 Å². The van der Waals surface area contributed by atoms with Gasteiger partial charge in [-0.1, -0.05) is 0 Å². The second-order valence-electron chi connectivity index (χ2n) is 6.39. The first-order valence-electron chi connectivity index (χ1n) is 10.2. The second kappa shape index (κ2) is 18.7. The van der Waals surface area contributed by atoms with Gasteiger partial charge in [0.2, 0.25) is 0 Å².